The number of hydrogen-bond acceptors (Lipinski definition) is 20. The molecule has 7 aliphatic carbocycles. The fourth-order valence-corrected chi connectivity index (χ4v) is 19.0. The molecule has 648 valence electrons. The molecule has 4 bridgehead atoms. The van der Waals surface area contributed by atoms with Gasteiger partial charge in [-0.1, -0.05) is 89.5 Å². The average molecular weight is 1630 g/mol. The SMILES string of the molecule is CC(C)c1cc(C(C)N2CC(F)C2)nc(C2CC2)n1.CC(C)c1cc(C(C)N2CCC3(CC3)C2)nc(C2CC2)n1.CC(C)c1cc(CN2CCC(F)C2)nc(C2CC2)n1.CC(C)c1cc(CN2CCCCC2)nc(C2CC2)n1.CC(C)c1cc(N2C3CC2CN(C)C3)nc(C2CC2)n1.CC(C)c1cc(N2C3CCC2CN(C)C3)nc(C2CC2)n1. The standard InChI is InChI=1S/C18H27N3.C17H26N4.C16H24N4.C16H25N3.2C15H22FN3/c1-12(2)15-10-16(20-17(19-15)14-4-5-14)13(3)21-9-8-18(11-21)6-7-18;1-11(2)15-8-16(19-17(18-15)12-4-5-12)21-13-6-7-14(21)10-20(3)9-13;1-10(2)14-7-15(18-16(17-14)11-4-5-11)20-12-6-13(20)9-19(3)8-12;1-12(2)15-10-14(11-19-8-4-3-5-9-19)17-16(18-15)13-6-7-13;1-9(2)13-6-14(10(3)19-7-12(16)8-19)18-15(17-13)11-4-5-11;1-10(2)14-7-13(9-19-6-5-12(16)8-19)17-15(18-14)11-3-4-11/h10,12-14H,4-9,11H2,1-3H3;8,11-14H,4-7,9-10H2,1-3H3;7,10-13H,4-6,8-9H2,1-3H3;10,12-13H,3-9,11H2,1-2H3;6,9-12H,4-5,7-8H2,1-3H3;7,10-12H,3-6,8-9H2,1-2H3. The number of likely N-dealkylation sites (tertiary alicyclic amines) is 6. The number of rotatable bonds is 22. The number of fused-ring (bicyclic) bond motifs is 4. The van der Waals surface area contributed by atoms with Crippen molar-refractivity contribution in [2.45, 2.75) is 371 Å². The van der Waals surface area contributed by atoms with Gasteiger partial charge in [0.25, 0.3) is 0 Å². The van der Waals surface area contributed by atoms with Gasteiger partial charge in [0.2, 0.25) is 0 Å². The maximum atomic E-state index is 13.2. The van der Waals surface area contributed by atoms with Crippen molar-refractivity contribution in [2.24, 2.45) is 5.41 Å². The minimum Gasteiger partial charge on any atom is -0.348 e. The minimum atomic E-state index is -0.658. The van der Waals surface area contributed by atoms with Crippen molar-refractivity contribution < 1.29 is 8.78 Å². The van der Waals surface area contributed by atoms with Crippen LogP contribution < -0.4 is 9.80 Å². The number of alkyl halides is 2. The lowest BCUT2D eigenvalue weighted by Gasteiger charge is -2.56. The van der Waals surface area contributed by atoms with Crippen molar-refractivity contribution in [3.63, 3.8) is 0 Å². The zero-order valence-corrected chi connectivity index (χ0v) is 75.7. The number of likely N-dealkylation sites (N-methyl/N-ethyl adjacent to an activating group) is 2. The first-order valence-electron chi connectivity index (χ1n) is 47.6. The Kier molecular flexibility index (Phi) is 27.0. The second-order valence-corrected chi connectivity index (χ2v) is 41.3. The second kappa shape index (κ2) is 37.2. The van der Waals surface area contributed by atoms with Gasteiger partial charge in [-0.3, -0.25) is 19.6 Å². The lowest BCUT2D eigenvalue weighted by Crippen LogP contribution is -2.68. The van der Waals surface area contributed by atoms with E-state index in [2.05, 4.69) is 192 Å². The summed E-state index contributed by atoms with van der Waals surface area (Å²) in [6.07, 6.45) is 26.8. The van der Waals surface area contributed by atoms with E-state index in [1.807, 2.05) is 0 Å². The molecular formula is C97H146F2N20. The minimum absolute atomic E-state index is 0.199. The zero-order valence-electron chi connectivity index (χ0n) is 75.7. The number of piperidine rings is 2. The highest BCUT2D eigenvalue weighted by Crippen LogP contribution is 2.54. The first-order valence-corrected chi connectivity index (χ1v) is 47.6. The molecule has 0 aromatic carbocycles. The lowest BCUT2D eigenvalue weighted by molar-refractivity contribution is 0.0315. The van der Waals surface area contributed by atoms with Gasteiger partial charge >= 0.3 is 0 Å². The Morgan fingerprint density at radius 3 is 1.03 bits per heavy atom. The van der Waals surface area contributed by atoms with Gasteiger partial charge in [0.05, 0.1) is 22.8 Å². The Bertz CT molecular complexity index is 4160. The summed E-state index contributed by atoms with van der Waals surface area (Å²) in [7, 11) is 4.48. The van der Waals surface area contributed by atoms with Crippen LogP contribution in [-0.4, -0.2) is 218 Å². The Labute approximate surface area is 712 Å². The fraction of sp³-hybridized carbons (Fsp3) is 0.753. The highest BCUT2D eigenvalue weighted by atomic mass is 19.1. The van der Waals surface area contributed by atoms with Crippen molar-refractivity contribution in [3.8, 4) is 0 Å². The van der Waals surface area contributed by atoms with Crippen molar-refractivity contribution >= 4 is 11.6 Å². The average Bonchev–Trinajstić information content (AvgIpc) is 1.74. The molecular weight excluding hydrogens is 1480 g/mol. The van der Waals surface area contributed by atoms with E-state index in [9.17, 15) is 8.78 Å². The summed E-state index contributed by atoms with van der Waals surface area (Å²) in [5, 5.41) is 0. The molecule has 119 heavy (non-hydrogen) atoms. The molecule has 15 aliphatic rings. The molecule has 22 heteroatoms. The molecule has 7 atom stereocenters. The van der Waals surface area contributed by atoms with Crippen LogP contribution in [0.5, 0.6) is 0 Å². The largest absolute Gasteiger partial charge is 0.348 e. The molecule has 0 N–H and O–H groups in total. The first-order chi connectivity index (χ1) is 57.2. The van der Waals surface area contributed by atoms with Crippen LogP contribution in [0.15, 0.2) is 36.4 Å². The first kappa shape index (κ1) is 86.2. The molecule has 6 aromatic heterocycles. The van der Waals surface area contributed by atoms with E-state index in [0.29, 0.717) is 133 Å². The van der Waals surface area contributed by atoms with E-state index in [4.69, 9.17) is 54.8 Å². The number of halogens is 2. The molecule has 0 amide bonds. The van der Waals surface area contributed by atoms with Crippen LogP contribution in [0.25, 0.3) is 0 Å². The summed E-state index contributed by atoms with van der Waals surface area (Å²) in [5.74, 6) is 15.3. The van der Waals surface area contributed by atoms with Gasteiger partial charge in [-0.05, 0) is 248 Å². The smallest absolute Gasteiger partial charge is 0.134 e. The van der Waals surface area contributed by atoms with Crippen LogP contribution in [0, 0.1) is 5.41 Å². The summed E-state index contributed by atoms with van der Waals surface area (Å²) < 4.78 is 26.2. The molecule has 6 aromatic rings. The highest BCUT2D eigenvalue weighted by molar-refractivity contribution is 5.49. The third-order valence-electron chi connectivity index (χ3n) is 28.1. The van der Waals surface area contributed by atoms with Crippen LogP contribution in [0.3, 0.4) is 0 Å². The van der Waals surface area contributed by atoms with Crippen LogP contribution in [-0.2, 0) is 13.1 Å². The van der Waals surface area contributed by atoms with Crippen LogP contribution >= 0.6 is 0 Å². The quantitative estimate of drug-likeness (QED) is 0.0625. The van der Waals surface area contributed by atoms with Gasteiger partial charge < -0.3 is 19.6 Å². The summed E-state index contributed by atoms with van der Waals surface area (Å²) in [6.45, 7) is 45.0. The topological polar surface area (TPSA) is 181 Å². The maximum Gasteiger partial charge on any atom is 0.134 e. The van der Waals surface area contributed by atoms with Crippen LogP contribution in [0.2, 0.25) is 0 Å². The Hall–Kier alpha value is -6.30. The predicted octanol–water partition coefficient (Wildman–Crippen LogP) is 18.8. The third-order valence-corrected chi connectivity index (χ3v) is 28.1. The summed E-state index contributed by atoms with van der Waals surface area (Å²) in [5.41, 5.74) is 12.5. The van der Waals surface area contributed by atoms with Crippen molar-refractivity contribution in [1.29, 1.82) is 0 Å². The highest BCUT2D eigenvalue weighted by Gasteiger charge is 2.50. The Morgan fingerprint density at radius 2 is 0.664 bits per heavy atom. The van der Waals surface area contributed by atoms with E-state index in [1.54, 1.807) is 0 Å². The zero-order chi connectivity index (χ0) is 83.2. The van der Waals surface area contributed by atoms with Gasteiger partial charge in [0.1, 0.15) is 58.9 Å². The van der Waals surface area contributed by atoms with Crippen LogP contribution in [0.4, 0.5) is 20.4 Å². The second-order valence-electron chi connectivity index (χ2n) is 41.3. The molecule has 14 heterocycles. The number of nitrogens with zero attached hydrogens (tertiary/aromatic N) is 20. The molecule has 7 saturated carbocycles. The van der Waals surface area contributed by atoms with Gasteiger partial charge in [-0.15, -0.1) is 0 Å². The predicted molar refractivity (Wildman–Crippen MR) is 473 cm³/mol. The van der Waals surface area contributed by atoms with Gasteiger partial charge in [0, 0.05) is 190 Å². The number of piperazine rings is 2. The molecule has 1 spiro atoms. The fourth-order valence-electron chi connectivity index (χ4n) is 19.0. The van der Waals surface area contributed by atoms with Gasteiger partial charge in [-0.2, -0.15) is 0 Å². The normalized spacial score (nSPS) is 25.6. The van der Waals surface area contributed by atoms with Crippen molar-refractivity contribution in [2.75, 3.05) is 102 Å². The molecule has 0 radical (unpaired) electrons. The molecule has 15 fully saturated rings. The lowest BCUT2D eigenvalue weighted by atomic mass is 9.87. The van der Waals surface area contributed by atoms with E-state index in [0.717, 1.165) is 77.4 Å². The summed E-state index contributed by atoms with van der Waals surface area (Å²) >= 11 is 0. The molecule has 21 rings (SSSR count). The van der Waals surface area contributed by atoms with Crippen LogP contribution in [0.1, 0.15) is 413 Å². The van der Waals surface area contributed by atoms with E-state index >= 15 is 0 Å². The molecule has 8 saturated heterocycles. The number of hydrogen-bond donors (Lipinski definition) is 0. The van der Waals surface area contributed by atoms with Crippen molar-refractivity contribution in [3.05, 3.63) is 128 Å². The van der Waals surface area contributed by atoms with Gasteiger partial charge in [0.15, 0.2) is 0 Å². The Balaban J connectivity index is 0.000000107. The molecule has 8 aliphatic heterocycles. The van der Waals surface area contributed by atoms with Gasteiger partial charge in [-0.25, -0.2) is 68.6 Å². The number of anilines is 2. The maximum absolute atomic E-state index is 13.2. The van der Waals surface area contributed by atoms with E-state index in [1.165, 1.54) is 233 Å². The van der Waals surface area contributed by atoms with Crippen molar-refractivity contribution in [1.82, 2.24) is 89.2 Å². The summed E-state index contributed by atoms with van der Waals surface area (Å²) in [6, 6.07) is 16.5. The molecule has 20 nitrogen and oxygen atoms in total. The summed E-state index contributed by atoms with van der Waals surface area (Å²) in [4.78, 5) is 77.2. The monoisotopic (exact) mass is 1630 g/mol. The molecule has 7 unspecified atom stereocenters. The van der Waals surface area contributed by atoms with E-state index < -0.39 is 12.3 Å². The Morgan fingerprint density at radius 1 is 0.319 bits per heavy atom. The van der Waals surface area contributed by atoms with E-state index in [-0.39, 0.29) is 6.04 Å². The number of aromatic nitrogens is 12. The third kappa shape index (κ3) is 22.3.